The highest BCUT2D eigenvalue weighted by Crippen LogP contribution is 2.36. The molecule has 4 heteroatoms. The van der Waals surface area contributed by atoms with Gasteiger partial charge in [-0.2, -0.15) is 5.26 Å². The summed E-state index contributed by atoms with van der Waals surface area (Å²) in [5.41, 5.74) is 5.37. The number of rotatable bonds is 4. The Morgan fingerprint density at radius 1 is 0.793 bits per heavy atom. The minimum absolute atomic E-state index is 0.325. The minimum atomic E-state index is -0.331. The van der Waals surface area contributed by atoms with Crippen LogP contribution in [0.25, 0.3) is 22.3 Å². The molecule has 0 spiro atoms. The molecule has 0 N–H and O–H groups in total. The Bertz CT molecular complexity index is 1210. The van der Waals surface area contributed by atoms with Gasteiger partial charge in [-0.3, -0.25) is 0 Å². The van der Waals surface area contributed by atoms with Gasteiger partial charge in [0.05, 0.1) is 0 Å². The van der Waals surface area contributed by atoms with E-state index in [-0.39, 0.29) is 11.6 Å². The molecule has 29 heavy (non-hydrogen) atoms. The third kappa shape index (κ3) is 4.04. The molecule has 1 aromatic heterocycles. The molecule has 0 unspecified atom stereocenters. The molecule has 140 valence electrons. The Morgan fingerprint density at radius 3 is 2.14 bits per heavy atom. The van der Waals surface area contributed by atoms with Gasteiger partial charge < -0.3 is 0 Å². The number of benzene rings is 3. The molecule has 4 rings (SSSR count). The monoisotopic (exact) mass is 382 g/mol. The van der Waals surface area contributed by atoms with Gasteiger partial charge >= 0.3 is 0 Å². The lowest BCUT2D eigenvalue weighted by atomic mass is 9.88. The SMILES string of the molecule is N#Cc1ccc(Cc2cccc(-c3cccc(F)c3)c2-c2cccc(F)c2)cn1. The van der Waals surface area contributed by atoms with Crippen molar-refractivity contribution in [2.24, 2.45) is 0 Å². The first kappa shape index (κ1) is 18.5. The van der Waals surface area contributed by atoms with Crippen LogP contribution in [-0.4, -0.2) is 4.98 Å². The van der Waals surface area contributed by atoms with Crippen molar-refractivity contribution >= 4 is 0 Å². The molecule has 0 bridgehead atoms. The van der Waals surface area contributed by atoms with E-state index in [2.05, 4.69) is 4.98 Å². The first-order chi connectivity index (χ1) is 14.1. The molecule has 0 aliphatic carbocycles. The van der Waals surface area contributed by atoms with E-state index in [9.17, 15) is 8.78 Å². The zero-order valence-corrected chi connectivity index (χ0v) is 15.4. The molecule has 0 radical (unpaired) electrons. The Labute approximate surface area is 167 Å². The van der Waals surface area contributed by atoms with Gasteiger partial charge in [0.15, 0.2) is 0 Å². The second-order valence-electron chi connectivity index (χ2n) is 6.70. The summed E-state index contributed by atoms with van der Waals surface area (Å²) in [6.45, 7) is 0. The quantitative estimate of drug-likeness (QED) is 0.424. The Hall–Kier alpha value is -3.84. The summed E-state index contributed by atoms with van der Waals surface area (Å²) < 4.78 is 27.9. The van der Waals surface area contributed by atoms with Crippen LogP contribution in [0.2, 0.25) is 0 Å². The van der Waals surface area contributed by atoms with Crippen LogP contribution in [0.3, 0.4) is 0 Å². The van der Waals surface area contributed by atoms with Crippen LogP contribution in [0.4, 0.5) is 8.78 Å². The van der Waals surface area contributed by atoms with Crippen LogP contribution in [0, 0.1) is 23.0 Å². The fourth-order valence-electron chi connectivity index (χ4n) is 3.44. The molecule has 0 aliphatic heterocycles. The highest BCUT2D eigenvalue weighted by Gasteiger charge is 2.14. The molecule has 0 fully saturated rings. The van der Waals surface area contributed by atoms with Gasteiger partial charge in [0.1, 0.15) is 23.4 Å². The number of hydrogen-bond donors (Lipinski definition) is 0. The van der Waals surface area contributed by atoms with Crippen molar-refractivity contribution in [3.8, 4) is 28.3 Å². The van der Waals surface area contributed by atoms with Gasteiger partial charge in [-0.05, 0) is 70.1 Å². The first-order valence-corrected chi connectivity index (χ1v) is 9.13. The lowest BCUT2D eigenvalue weighted by Crippen LogP contribution is -1.97. The van der Waals surface area contributed by atoms with Crippen molar-refractivity contribution < 1.29 is 8.78 Å². The summed E-state index contributed by atoms with van der Waals surface area (Å²) in [5, 5.41) is 8.94. The maximum atomic E-state index is 14.0. The Balaban J connectivity index is 1.88. The van der Waals surface area contributed by atoms with Gasteiger partial charge in [-0.25, -0.2) is 13.8 Å². The Morgan fingerprint density at radius 2 is 1.48 bits per heavy atom. The van der Waals surface area contributed by atoms with E-state index >= 15 is 0 Å². The van der Waals surface area contributed by atoms with Crippen molar-refractivity contribution in [3.63, 3.8) is 0 Å². The zero-order chi connectivity index (χ0) is 20.2. The maximum Gasteiger partial charge on any atom is 0.140 e. The molecule has 1 heterocycles. The fourth-order valence-corrected chi connectivity index (χ4v) is 3.44. The average molecular weight is 382 g/mol. The predicted molar refractivity (Wildman–Crippen MR) is 109 cm³/mol. The topological polar surface area (TPSA) is 36.7 Å². The molecule has 3 aromatic carbocycles. The third-order valence-electron chi connectivity index (χ3n) is 4.73. The molecular formula is C25H16F2N2. The van der Waals surface area contributed by atoms with Gasteiger partial charge in [0.25, 0.3) is 0 Å². The summed E-state index contributed by atoms with van der Waals surface area (Å²) in [6.07, 6.45) is 2.22. The lowest BCUT2D eigenvalue weighted by Gasteiger charge is -2.16. The second kappa shape index (κ2) is 8.04. The smallest absolute Gasteiger partial charge is 0.140 e. The normalized spacial score (nSPS) is 10.5. The highest BCUT2D eigenvalue weighted by atomic mass is 19.1. The maximum absolute atomic E-state index is 14.0. The van der Waals surface area contributed by atoms with Crippen LogP contribution in [0.15, 0.2) is 85.1 Å². The number of aromatic nitrogens is 1. The number of hydrogen-bond acceptors (Lipinski definition) is 2. The van der Waals surface area contributed by atoms with Crippen molar-refractivity contribution in [1.29, 1.82) is 5.26 Å². The molecule has 0 aliphatic rings. The first-order valence-electron chi connectivity index (χ1n) is 9.13. The number of halogens is 2. The largest absolute Gasteiger partial charge is 0.245 e. The molecule has 0 saturated carbocycles. The van der Waals surface area contributed by atoms with Crippen LogP contribution in [0.1, 0.15) is 16.8 Å². The predicted octanol–water partition coefficient (Wildman–Crippen LogP) is 6.16. The van der Waals surface area contributed by atoms with Gasteiger partial charge in [-0.1, -0.05) is 48.5 Å². The summed E-state index contributed by atoms with van der Waals surface area (Å²) >= 11 is 0. The fraction of sp³-hybridized carbons (Fsp3) is 0.0400. The van der Waals surface area contributed by atoms with E-state index in [1.807, 2.05) is 42.5 Å². The van der Waals surface area contributed by atoms with Crippen LogP contribution >= 0.6 is 0 Å². The second-order valence-corrected chi connectivity index (χ2v) is 6.70. The average Bonchev–Trinajstić information content (AvgIpc) is 2.74. The van der Waals surface area contributed by atoms with E-state index in [1.165, 1.54) is 24.3 Å². The van der Waals surface area contributed by atoms with E-state index in [0.717, 1.165) is 33.4 Å². The van der Waals surface area contributed by atoms with Crippen molar-refractivity contribution in [1.82, 2.24) is 4.98 Å². The van der Waals surface area contributed by atoms with Crippen molar-refractivity contribution in [2.45, 2.75) is 6.42 Å². The van der Waals surface area contributed by atoms with E-state index in [0.29, 0.717) is 12.1 Å². The highest BCUT2D eigenvalue weighted by molar-refractivity contribution is 5.86. The molecule has 2 nitrogen and oxygen atoms in total. The van der Waals surface area contributed by atoms with Crippen molar-refractivity contribution in [3.05, 3.63) is 114 Å². The van der Waals surface area contributed by atoms with E-state index < -0.39 is 0 Å². The number of nitrogens with zero attached hydrogens (tertiary/aromatic N) is 2. The summed E-state index contributed by atoms with van der Waals surface area (Å²) in [6, 6.07) is 24.1. The van der Waals surface area contributed by atoms with Crippen LogP contribution < -0.4 is 0 Å². The minimum Gasteiger partial charge on any atom is -0.245 e. The Kier molecular flexibility index (Phi) is 5.13. The molecule has 0 atom stereocenters. The van der Waals surface area contributed by atoms with Gasteiger partial charge in [-0.15, -0.1) is 0 Å². The molecule has 0 amide bonds. The number of nitriles is 1. The summed E-state index contributed by atoms with van der Waals surface area (Å²) in [7, 11) is 0. The van der Waals surface area contributed by atoms with E-state index in [1.54, 1.807) is 24.4 Å². The molecule has 0 saturated heterocycles. The standard InChI is InChI=1S/C25H16F2N2/c26-21-7-1-4-18(13-21)24-9-3-6-19(12-17-10-11-23(15-28)29-16-17)25(24)20-5-2-8-22(27)14-20/h1-11,13-14,16H,12H2. The summed E-state index contributed by atoms with van der Waals surface area (Å²) in [5.74, 6) is -0.656. The molecular weight excluding hydrogens is 366 g/mol. The van der Waals surface area contributed by atoms with Gasteiger partial charge in [0.2, 0.25) is 0 Å². The lowest BCUT2D eigenvalue weighted by molar-refractivity contribution is 0.627. The van der Waals surface area contributed by atoms with Crippen LogP contribution in [-0.2, 0) is 6.42 Å². The zero-order valence-electron chi connectivity index (χ0n) is 15.4. The van der Waals surface area contributed by atoms with Crippen LogP contribution in [0.5, 0.6) is 0 Å². The van der Waals surface area contributed by atoms with Crippen molar-refractivity contribution in [2.75, 3.05) is 0 Å². The van der Waals surface area contributed by atoms with Gasteiger partial charge in [0, 0.05) is 6.20 Å². The summed E-state index contributed by atoms with van der Waals surface area (Å²) in [4.78, 5) is 4.13. The van der Waals surface area contributed by atoms with E-state index in [4.69, 9.17) is 5.26 Å². The molecule has 4 aromatic rings. The third-order valence-corrected chi connectivity index (χ3v) is 4.73. The number of pyridine rings is 1.